The minimum atomic E-state index is -0.833. The van der Waals surface area contributed by atoms with Gasteiger partial charge in [0.2, 0.25) is 0 Å². The molecule has 0 radical (unpaired) electrons. The molecular weight excluding hydrogens is 394 g/mol. The Balaban J connectivity index is 0.000000628. The summed E-state index contributed by atoms with van der Waals surface area (Å²) in [7, 11) is 0. The SMILES string of the molecule is CC(=O)O.N=C(N)c1ccc(-c2cccc(-c3nc4ccc(C(=N)N)cc4[nH]3)n2)cc1. The molecule has 2 heterocycles. The summed E-state index contributed by atoms with van der Waals surface area (Å²) in [5.41, 5.74) is 16.4. The van der Waals surface area contributed by atoms with E-state index in [4.69, 9.17) is 37.2 Å². The number of imidazole rings is 1. The van der Waals surface area contributed by atoms with Crippen molar-refractivity contribution >= 4 is 28.7 Å². The molecule has 4 aromatic rings. The zero-order valence-corrected chi connectivity index (χ0v) is 16.7. The number of nitrogens with two attached hydrogens (primary N) is 2. The second-order valence-electron chi connectivity index (χ2n) is 6.65. The van der Waals surface area contributed by atoms with Crippen LogP contribution in [0.15, 0.2) is 60.7 Å². The Morgan fingerprint density at radius 3 is 2.10 bits per heavy atom. The smallest absolute Gasteiger partial charge is 0.300 e. The molecule has 156 valence electrons. The second-order valence-corrected chi connectivity index (χ2v) is 6.65. The summed E-state index contributed by atoms with van der Waals surface area (Å²) in [4.78, 5) is 21.5. The summed E-state index contributed by atoms with van der Waals surface area (Å²) in [5, 5.41) is 22.5. The van der Waals surface area contributed by atoms with E-state index in [9.17, 15) is 0 Å². The van der Waals surface area contributed by atoms with Gasteiger partial charge in [-0.15, -0.1) is 0 Å². The van der Waals surface area contributed by atoms with Crippen molar-refractivity contribution in [2.75, 3.05) is 0 Å². The van der Waals surface area contributed by atoms with Gasteiger partial charge in [0, 0.05) is 23.6 Å². The molecule has 4 rings (SSSR count). The number of nitrogens with zero attached hydrogens (tertiary/aromatic N) is 2. The average Bonchev–Trinajstić information content (AvgIpc) is 3.17. The average molecular weight is 415 g/mol. The first kappa shape index (κ1) is 21.2. The van der Waals surface area contributed by atoms with E-state index in [1.807, 2.05) is 36.4 Å². The van der Waals surface area contributed by atoms with Gasteiger partial charge >= 0.3 is 0 Å². The molecule has 0 spiro atoms. The maximum atomic E-state index is 9.00. The largest absolute Gasteiger partial charge is 0.481 e. The van der Waals surface area contributed by atoms with Crippen molar-refractivity contribution in [1.82, 2.24) is 15.0 Å². The van der Waals surface area contributed by atoms with Gasteiger partial charge in [0.15, 0.2) is 5.82 Å². The number of fused-ring (bicyclic) bond motifs is 1. The van der Waals surface area contributed by atoms with Crippen molar-refractivity contribution in [2.45, 2.75) is 6.92 Å². The highest BCUT2D eigenvalue weighted by Gasteiger charge is 2.10. The number of nitrogen functional groups attached to an aromatic ring is 2. The third-order valence-corrected chi connectivity index (χ3v) is 4.28. The van der Waals surface area contributed by atoms with Crippen LogP contribution in [-0.4, -0.2) is 37.7 Å². The molecule has 0 saturated heterocycles. The summed E-state index contributed by atoms with van der Waals surface area (Å²) in [6, 6.07) is 18.5. The number of amidine groups is 2. The Kier molecular flexibility index (Phi) is 6.06. The molecular formula is C22H21N7O2. The number of nitrogens with one attached hydrogen (secondary N) is 3. The summed E-state index contributed by atoms with van der Waals surface area (Å²) >= 11 is 0. The number of aromatic amines is 1. The zero-order chi connectivity index (χ0) is 22.5. The molecule has 9 nitrogen and oxygen atoms in total. The third-order valence-electron chi connectivity index (χ3n) is 4.28. The molecule has 0 aliphatic heterocycles. The van der Waals surface area contributed by atoms with E-state index >= 15 is 0 Å². The quantitative estimate of drug-likeness (QED) is 0.220. The number of hydrogen-bond acceptors (Lipinski definition) is 5. The maximum absolute atomic E-state index is 9.00. The first-order chi connectivity index (χ1) is 14.7. The topological polar surface area (TPSA) is 179 Å². The number of H-pyrrole nitrogens is 1. The highest BCUT2D eigenvalue weighted by molar-refractivity contribution is 5.98. The molecule has 0 fully saturated rings. The Bertz CT molecular complexity index is 1270. The number of rotatable bonds is 4. The summed E-state index contributed by atoms with van der Waals surface area (Å²) in [6.07, 6.45) is 0. The van der Waals surface area contributed by atoms with Crippen LogP contribution >= 0.6 is 0 Å². The van der Waals surface area contributed by atoms with Crippen molar-refractivity contribution < 1.29 is 9.90 Å². The second kappa shape index (κ2) is 8.87. The summed E-state index contributed by atoms with van der Waals surface area (Å²) < 4.78 is 0. The predicted molar refractivity (Wildman–Crippen MR) is 120 cm³/mol. The Labute approximate surface area is 177 Å². The van der Waals surface area contributed by atoms with Crippen LogP contribution in [-0.2, 0) is 4.79 Å². The van der Waals surface area contributed by atoms with E-state index < -0.39 is 5.97 Å². The van der Waals surface area contributed by atoms with Crippen LogP contribution < -0.4 is 11.5 Å². The fourth-order valence-corrected chi connectivity index (χ4v) is 2.85. The standard InChI is InChI=1S/C20H17N7.C2H4O2/c21-18(22)12-6-4-11(5-7-12)14-2-1-3-16(25-14)20-26-15-9-8-13(19(23)24)10-17(15)27-20;1-2(3)4/h1-10H,(H3,21,22)(H3,23,24)(H,26,27);1H3,(H,3,4). The van der Waals surface area contributed by atoms with Crippen molar-refractivity contribution in [3.05, 3.63) is 71.8 Å². The van der Waals surface area contributed by atoms with Crippen LogP contribution in [0.2, 0.25) is 0 Å². The highest BCUT2D eigenvalue weighted by Crippen LogP contribution is 2.24. The fraction of sp³-hybridized carbons (Fsp3) is 0.0455. The molecule has 0 amide bonds. The van der Waals surface area contributed by atoms with Crippen molar-refractivity contribution in [3.63, 3.8) is 0 Å². The molecule has 2 aromatic heterocycles. The zero-order valence-electron chi connectivity index (χ0n) is 16.7. The summed E-state index contributed by atoms with van der Waals surface area (Å²) in [5.74, 6) is -0.134. The molecule has 0 saturated carbocycles. The Hall–Kier alpha value is -4.53. The van der Waals surface area contributed by atoms with E-state index in [-0.39, 0.29) is 11.7 Å². The lowest BCUT2D eigenvalue weighted by Crippen LogP contribution is -2.10. The third kappa shape index (κ3) is 5.10. The number of benzene rings is 2. The highest BCUT2D eigenvalue weighted by atomic mass is 16.4. The van der Waals surface area contributed by atoms with Gasteiger partial charge < -0.3 is 21.6 Å². The lowest BCUT2D eigenvalue weighted by Gasteiger charge is -2.04. The number of carbonyl (C=O) groups is 1. The van der Waals surface area contributed by atoms with E-state index in [2.05, 4.69) is 9.97 Å². The van der Waals surface area contributed by atoms with Gasteiger partial charge in [0.25, 0.3) is 5.97 Å². The minimum Gasteiger partial charge on any atom is -0.481 e. The van der Waals surface area contributed by atoms with Crippen LogP contribution in [0.1, 0.15) is 18.1 Å². The molecule has 0 aliphatic rings. The van der Waals surface area contributed by atoms with Crippen LogP contribution in [0.4, 0.5) is 0 Å². The van der Waals surface area contributed by atoms with Gasteiger partial charge in [-0.1, -0.05) is 30.3 Å². The first-order valence-corrected chi connectivity index (χ1v) is 9.20. The van der Waals surface area contributed by atoms with Crippen molar-refractivity contribution in [2.24, 2.45) is 11.5 Å². The number of aliphatic carboxylic acids is 1. The number of carboxylic acid groups (broad SMARTS) is 1. The van der Waals surface area contributed by atoms with Gasteiger partial charge in [0.05, 0.1) is 16.7 Å². The van der Waals surface area contributed by atoms with E-state index in [0.29, 0.717) is 22.6 Å². The Morgan fingerprint density at radius 1 is 0.903 bits per heavy atom. The minimum absolute atomic E-state index is 0.0159. The van der Waals surface area contributed by atoms with E-state index in [0.717, 1.165) is 29.2 Å². The van der Waals surface area contributed by atoms with Crippen LogP contribution in [0.5, 0.6) is 0 Å². The molecule has 0 aliphatic carbocycles. The van der Waals surface area contributed by atoms with Gasteiger partial charge in [-0.3, -0.25) is 15.6 Å². The van der Waals surface area contributed by atoms with Crippen molar-refractivity contribution in [1.29, 1.82) is 10.8 Å². The van der Waals surface area contributed by atoms with E-state index in [1.165, 1.54) is 0 Å². The fourth-order valence-electron chi connectivity index (χ4n) is 2.85. The van der Waals surface area contributed by atoms with Gasteiger partial charge in [0.1, 0.15) is 17.4 Å². The molecule has 2 aromatic carbocycles. The van der Waals surface area contributed by atoms with Gasteiger partial charge in [-0.2, -0.15) is 0 Å². The Morgan fingerprint density at radius 2 is 1.48 bits per heavy atom. The van der Waals surface area contributed by atoms with E-state index in [1.54, 1.807) is 24.3 Å². The number of pyridine rings is 1. The molecule has 0 atom stereocenters. The number of hydrogen-bond donors (Lipinski definition) is 6. The molecule has 9 heteroatoms. The summed E-state index contributed by atoms with van der Waals surface area (Å²) in [6.45, 7) is 1.08. The lowest BCUT2D eigenvalue weighted by atomic mass is 10.1. The molecule has 31 heavy (non-hydrogen) atoms. The normalized spacial score (nSPS) is 10.2. The van der Waals surface area contributed by atoms with Crippen LogP contribution in [0.3, 0.4) is 0 Å². The maximum Gasteiger partial charge on any atom is 0.300 e. The molecule has 0 bridgehead atoms. The van der Waals surface area contributed by atoms with Crippen molar-refractivity contribution in [3.8, 4) is 22.8 Å². The molecule has 8 N–H and O–H groups in total. The molecule has 0 unspecified atom stereocenters. The van der Waals surface area contributed by atoms with Gasteiger partial charge in [-0.05, 0) is 30.3 Å². The number of carboxylic acids is 1. The number of aromatic nitrogens is 3. The predicted octanol–water partition coefficient (Wildman–Crippen LogP) is 2.95. The monoisotopic (exact) mass is 415 g/mol. The first-order valence-electron chi connectivity index (χ1n) is 9.20. The van der Waals surface area contributed by atoms with Gasteiger partial charge in [-0.25, -0.2) is 9.97 Å². The van der Waals surface area contributed by atoms with Crippen LogP contribution in [0, 0.1) is 10.8 Å². The lowest BCUT2D eigenvalue weighted by molar-refractivity contribution is -0.134. The van der Waals surface area contributed by atoms with Crippen LogP contribution in [0.25, 0.3) is 33.8 Å².